The number of alkyl halides is 3. The lowest BCUT2D eigenvalue weighted by molar-refractivity contribution is -0.137. The summed E-state index contributed by atoms with van der Waals surface area (Å²) in [5.41, 5.74) is -0.202. The molecule has 11 heteroatoms. The van der Waals surface area contributed by atoms with Crippen LogP contribution in [0.2, 0.25) is 0 Å². The molecule has 1 heterocycles. The maximum atomic E-state index is 12.9. The van der Waals surface area contributed by atoms with Gasteiger partial charge >= 0.3 is 6.18 Å². The van der Waals surface area contributed by atoms with Crippen molar-refractivity contribution < 1.29 is 26.4 Å². The van der Waals surface area contributed by atoms with Crippen molar-refractivity contribution in [2.45, 2.75) is 29.8 Å². The largest absolute Gasteiger partial charge is 0.416 e. The molecule has 0 unspecified atom stereocenters. The quantitative estimate of drug-likeness (QED) is 0.529. The van der Waals surface area contributed by atoms with E-state index in [1.165, 1.54) is 35.6 Å². The third-order valence-electron chi connectivity index (χ3n) is 4.59. The number of nitrogens with zero attached hydrogens (tertiary/aromatic N) is 1. The molecule has 1 aliphatic rings. The number of hydrogen-bond acceptors (Lipinski definition) is 5. The van der Waals surface area contributed by atoms with Crippen LogP contribution in [-0.2, 0) is 16.2 Å². The standard InChI is InChI=1S/C20H16F3N3O3S2/c21-20(22,23)14-4-2-5-15(10-14)26-31(28,29)16-6-1-3-13(9-16)18(27)25-19-24-17(11-30-19)12-7-8-12/h1-6,9-12,26H,7-8H2,(H,24,25,27). The molecule has 1 amide bonds. The second-order valence-electron chi connectivity index (χ2n) is 7.02. The number of carbonyl (C=O) groups is 1. The van der Waals surface area contributed by atoms with Gasteiger partial charge < -0.3 is 0 Å². The maximum absolute atomic E-state index is 12.9. The van der Waals surface area contributed by atoms with Gasteiger partial charge in [0.05, 0.1) is 16.2 Å². The number of rotatable bonds is 6. The van der Waals surface area contributed by atoms with E-state index in [2.05, 4.69) is 15.0 Å². The summed E-state index contributed by atoms with van der Waals surface area (Å²) in [6.07, 6.45) is -2.44. The molecule has 0 saturated heterocycles. The van der Waals surface area contributed by atoms with Crippen LogP contribution in [0.4, 0.5) is 24.0 Å². The first-order chi connectivity index (χ1) is 14.6. The highest BCUT2D eigenvalue weighted by Crippen LogP contribution is 2.41. The predicted molar refractivity (Wildman–Crippen MR) is 111 cm³/mol. The first-order valence-corrected chi connectivity index (χ1v) is 11.5. The van der Waals surface area contributed by atoms with E-state index in [9.17, 15) is 26.4 Å². The van der Waals surface area contributed by atoms with Gasteiger partial charge in [0.2, 0.25) is 0 Å². The van der Waals surface area contributed by atoms with E-state index < -0.39 is 27.7 Å². The number of amides is 1. The molecule has 2 aromatic carbocycles. The van der Waals surface area contributed by atoms with Gasteiger partial charge in [-0.1, -0.05) is 12.1 Å². The fourth-order valence-corrected chi connectivity index (χ4v) is 4.74. The van der Waals surface area contributed by atoms with E-state index in [1.807, 2.05) is 5.38 Å². The number of aromatic nitrogens is 1. The predicted octanol–water partition coefficient (Wildman–Crippen LogP) is 5.09. The highest BCUT2D eigenvalue weighted by atomic mass is 32.2. The summed E-state index contributed by atoms with van der Waals surface area (Å²) in [5.74, 6) is -0.0925. The third-order valence-corrected chi connectivity index (χ3v) is 6.74. The number of sulfonamides is 1. The Bertz CT molecular complexity index is 1240. The highest BCUT2D eigenvalue weighted by molar-refractivity contribution is 7.92. The second-order valence-corrected chi connectivity index (χ2v) is 9.56. The first-order valence-electron chi connectivity index (χ1n) is 9.19. The number of benzene rings is 2. The Labute approximate surface area is 180 Å². The molecule has 162 valence electrons. The fourth-order valence-electron chi connectivity index (χ4n) is 2.86. The van der Waals surface area contributed by atoms with E-state index in [1.54, 1.807) is 0 Å². The molecule has 1 aromatic heterocycles. The van der Waals surface area contributed by atoms with Crippen molar-refractivity contribution in [3.63, 3.8) is 0 Å². The minimum atomic E-state index is -4.60. The van der Waals surface area contributed by atoms with Gasteiger partial charge in [0, 0.05) is 22.5 Å². The van der Waals surface area contributed by atoms with Crippen molar-refractivity contribution in [3.05, 3.63) is 70.7 Å². The van der Waals surface area contributed by atoms with Crippen LogP contribution in [0, 0.1) is 0 Å². The molecular weight excluding hydrogens is 451 g/mol. The monoisotopic (exact) mass is 467 g/mol. The molecule has 0 aliphatic heterocycles. The van der Waals surface area contributed by atoms with Crippen LogP contribution < -0.4 is 10.0 Å². The van der Waals surface area contributed by atoms with Gasteiger partial charge in [0.15, 0.2) is 5.13 Å². The van der Waals surface area contributed by atoms with Crippen LogP contribution in [0.5, 0.6) is 0 Å². The third kappa shape index (κ3) is 5.05. The van der Waals surface area contributed by atoms with Gasteiger partial charge in [-0.05, 0) is 49.2 Å². The van der Waals surface area contributed by atoms with Gasteiger partial charge in [-0.15, -0.1) is 11.3 Å². The molecular formula is C20H16F3N3O3S2. The Kier molecular flexibility index (Phi) is 5.48. The van der Waals surface area contributed by atoms with Crippen molar-refractivity contribution in [1.82, 2.24) is 4.98 Å². The molecule has 31 heavy (non-hydrogen) atoms. The lowest BCUT2D eigenvalue weighted by atomic mass is 10.2. The van der Waals surface area contributed by atoms with Crippen molar-refractivity contribution in [2.75, 3.05) is 10.0 Å². The van der Waals surface area contributed by atoms with Crippen LogP contribution in [0.1, 0.15) is 40.4 Å². The van der Waals surface area contributed by atoms with Gasteiger partial charge in [-0.2, -0.15) is 13.2 Å². The number of hydrogen-bond donors (Lipinski definition) is 2. The maximum Gasteiger partial charge on any atom is 0.416 e. The average molecular weight is 467 g/mol. The number of carbonyl (C=O) groups excluding carboxylic acids is 1. The summed E-state index contributed by atoms with van der Waals surface area (Å²) in [7, 11) is -4.21. The van der Waals surface area contributed by atoms with E-state index in [0.29, 0.717) is 17.1 Å². The molecule has 0 spiro atoms. The Morgan fingerprint density at radius 3 is 2.55 bits per heavy atom. The smallest absolute Gasteiger partial charge is 0.298 e. The van der Waals surface area contributed by atoms with Crippen molar-refractivity contribution in [2.24, 2.45) is 0 Å². The lowest BCUT2D eigenvalue weighted by Crippen LogP contribution is -2.16. The molecule has 0 bridgehead atoms. The van der Waals surface area contributed by atoms with Crippen LogP contribution >= 0.6 is 11.3 Å². The SMILES string of the molecule is O=C(Nc1nc(C2CC2)cs1)c1cccc(S(=O)(=O)Nc2cccc(C(F)(F)F)c2)c1. The van der Waals surface area contributed by atoms with Crippen LogP contribution in [0.15, 0.2) is 58.8 Å². The number of nitrogens with one attached hydrogen (secondary N) is 2. The molecule has 2 N–H and O–H groups in total. The van der Waals surface area contributed by atoms with Gasteiger partial charge in [-0.3, -0.25) is 14.8 Å². The molecule has 4 rings (SSSR count). The molecule has 1 fully saturated rings. The summed E-state index contributed by atoms with van der Waals surface area (Å²) in [6.45, 7) is 0. The number of thiazole rings is 1. The zero-order valence-corrected chi connectivity index (χ0v) is 17.4. The van der Waals surface area contributed by atoms with Gasteiger partial charge in [0.1, 0.15) is 0 Å². The molecule has 6 nitrogen and oxygen atoms in total. The lowest BCUT2D eigenvalue weighted by Gasteiger charge is -2.12. The molecule has 0 atom stereocenters. The molecule has 3 aromatic rings. The topological polar surface area (TPSA) is 88.2 Å². The summed E-state index contributed by atoms with van der Waals surface area (Å²) in [5, 5.41) is 4.94. The van der Waals surface area contributed by atoms with Gasteiger partial charge in [-0.25, -0.2) is 13.4 Å². The number of anilines is 2. The van der Waals surface area contributed by atoms with Crippen LogP contribution in [0.25, 0.3) is 0 Å². The fraction of sp³-hybridized carbons (Fsp3) is 0.200. The average Bonchev–Trinajstić information content (AvgIpc) is 3.46. The van der Waals surface area contributed by atoms with E-state index in [-0.39, 0.29) is 16.1 Å². The van der Waals surface area contributed by atoms with E-state index >= 15 is 0 Å². The van der Waals surface area contributed by atoms with Gasteiger partial charge in [0.25, 0.3) is 15.9 Å². The Balaban J connectivity index is 1.51. The highest BCUT2D eigenvalue weighted by Gasteiger charge is 2.31. The molecule has 0 radical (unpaired) electrons. The summed E-state index contributed by atoms with van der Waals surface area (Å²) >= 11 is 1.29. The zero-order chi connectivity index (χ0) is 22.2. The minimum Gasteiger partial charge on any atom is -0.298 e. The number of halogens is 3. The summed E-state index contributed by atoms with van der Waals surface area (Å²) < 4.78 is 66.0. The first kappa shape index (κ1) is 21.3. The van der Waals surface area contributed by atoms with E-state index in [0.717, 1.165) is 36.7 Å². The Morgan fingerprint density at radius 2 is 1.84 bits per heavy atom. The Hall–Kier alpha value is -2.92. The van der Waals surface area contributed by atoms with Crippen molar-refractivity contribution in [3.8, 4) is 0 Å². The van der Waals surface area contributed by atoms with Crippen LogP contribution in [0.3, 0.4) is 0 Å². The van der Waals surface area contributed by atoms with E-state index in [4.69, 9.17) is 0 Å². The summed E-state index contributed by atoms with van der Waals surface area (Å²) in [6, 6.07) is 9.09. The molecule has 1 aliphatic carbocycles. The Morgan fingerprint density at radius 1 is 1.10 bits per heavy atom. The van der Waals surface area contributed by atoms with Crippen LogP contribution in [-0.4, -0.2) is 19.3 Å². The normalized spacial score (nSPS) is 14.3. The summed E-state index contributed by atoms with van der Waals surface area (Å²) in [4.78, 5) is 16.6. The van der Waals surface area contributed by atoms with Crippen molar-refractivity contribution >= 4 is 38.1 Å². The molecule has 1 saturated carbocycles. The zero-order valence-electron chi connectivity index (χ0n) is 15.8. The minimum absolute atomic E-state index is 0.0788. The second kappa shape index (κ2) is 7.97. The van der Waals surface area contributed by atoms with Crippen molar-refractivity contribution in [1.29, 1.82) is 0 Å².